The van der Waals surface area contributed by atoms with Gasteiger partial charge in [-0.25, -0.2) is 12.8 Å². The maximum atomic E-state index is 13.1. The highest BCUT2D eigenvalue weighted by Crippen LogP contribution is 2.24. The van der Waals surface area contributed by atoms with Crippen LogP contribution < -0.4 is 10.0 Å². The number of fused-ring (bicyclic) bond motifs is 1. The Morgan fingerprint density at radius 1 is 1.15 bits per heavy atom. The van der Waals surface area contributed by atoms with Crippen molar-refractivity contribution in [2.45, 2.75) is 24.2 Å². The Morgan fingerprint density at radius 3 is 2.52 bits per heavy atom. The van der Waals surface area contributed by atoms with Gasteiger partial charge in [-0.1, -0.05) is 24.3 Å². The molecular formula is C19H20FN3O3S. The van der Waals surface area contributed by atoms with Gasteiger partial charge < -0.3 is 5.32 Å². The van der Waals surface area contributed by atoms with E-state index in [0.717, 1.165) is 0 Å². The van der Waals surface area contributed by atoms with Gasteiger partial charge in [0.1, 0.15) is 11.7 Å². The van der Waals surface area contributed by atoms with Crippen molar-refractivity contribution in [2.75, 3.05) is 13.1 Å². The molecular weight excluding hydrogens is 369 g/mol. The summed E-state index contributed by atoms with van der Waals surface area (Å²) in [5.74, 6) is -0.301. The molecule has 0 bridgehead atoms. The lowest BCUT2D eigenvalue weighted by atomic mass is 9.84. The van der Waals surface area contributed by atoms with E-state index >= 15 is 0 Å². The van der Waals surface area contributed by atoms with E-state index in [-0.39, 0.29) is 35.5 Å². The van der Waals surface area contributed by atoms with Crippen molar-refractivity contribution in [3.8, 4) is 0 Å². The predicted octanol–water partition coefficient (Wildman–Crippen LogP) is 1.96. The molecule has 0 atom stereocenters. The number of hydrogen-bond acceptors (Lipinski definition) is 4. The zero-order valence-corrected chi connectivity index (χ0v) is 15.8. The number of benzene rings is 2. The summed E-state index contributed by atoms with van der Waals surface area (Å²) in [6.07, 6.45) is 0. The Bertz CT molecular complexity index is 999. The molecule has 0 saturated carbocycles. The van der Waals surface area contributed by atoms with E-state index in [1.807, 2.05) is 0 Å². The standard InChI is InChI=1S/C19H20FN3O3S/c1-19(2,13-7-9-14(20)10-8-13)18(24)22-12-11-21-17-15-5-3-4-6-16(15)27(25,26)23-17/h3-10H,11-12H2,1-2H3,(H,21,23)(H,22,24). The molecule has 2 N–H and O–H groups in total. The molecule has 27 heavy (non-hydrogen) atoms. The first kappa shape index (κ1) is 19.0. The second-order valence-corrected chi connectivity index (χ2v) is 8.37. The van der Waals surface area contributed by atoms with Gasteiger partial charge in [0.15, 0.2) is 0 Å². The van der Waals surface area contributed by atoms with Gasteiger partial charge in [-0.3, -0.25) is 14.5 Å². The molecule has 0 saturated heterocycles. The van der Waals surface area contributed by atoms with Gasteiger partial charge in [-0.05, 0) is 43.7 Å². The van der Waals surface area contributed by atoms with Crippen LogP contribution in [0.2, 0.25) is 0 Å². The van der Waals surface area contributed by atoms with Crippen LogP contribution in [-0.4, -0.2) is 33.3 Å². The van der Waals surface area contributed by atoms with Gasteiger partial charge >= 0.3 is 0 Å². The molecule has 2 aromatic rings. The predicted molar refractivity (Wildman–Crippen MR) is 101 cm³/mol. The van der Waals surface area contributed by atoms with Crippen LogP contribution in [0, 0.1) is 5.82 Å². The maximum Gasteiger partial charge on any atom is 0.263 e. The quantitative estimate of drug-likeness (QED) is 0.767. The number of nitrogens with one attached hydrogen (secondary N) is 2. The van der Waals surface area contributed by atoms with Gasteiger partial charge in [-0.2, -0.15) is 0 Å². The number of hydrogen-bond donors (Lipinski definition) is 2. The lowest BCUT2D eigenvalue weighted by Gasteiger charge is -2.24. The van der Waals surface area contributed by atoms with Gasteiger partial charge in [0, 0.05) is 12.1 Å². The van der Waals surface area contributed by atoms with Crippen LogP contribution in [0.25, 0.3) is 0 Å². The summed E-state index contributed by atoms with van der Waals surface area (Å²) in [6.45, 7) is 3.97. The van der Waals surface area contributed by atoms with E-state index in [9.17, 15) is 17.6 Å². The summed E-state index contributed by atoms with van der Waals surface area (Å²) in [6, 6.07) is 12.4. The number of halogens is 1. The first-order valence-corrected chi connectivity index (χ1v) is 9.91. The molecule has 1 heterocycles. The highest BCUT2D eigenvalue weighted by molar-refractivity contribution is 7.90. The third-order valence-electron chi connectivity index (χ3n) is 4.46. The van der Waals surface area contributed by atoms with E-state index in [1.54, 1.807) is 44.2 Å². The molecule has 8 heteroatoms. The van der Waals surface area contributed by atoms with Gasteiger partial charge in [-0.15, -0.1) is 0 Å². The number of rotatable bonds is 5. The van der Waals surface area contributed by atoms with Gasteiger partial charge in [0.2, 0.25) is 5.91 Å². The second kappa shape index (κ2) is 7.11. The van der Waals surface area contributed by atoms with Crippen molar-refractivity contribution < 1.29 is 17.6 Å². The fourth-order valence-corrected chi connectivity index (χ4v) is 4.06. The lowest BCUT2D eigenvalue weighted by Crippen LogP contribution is -2.41. The third-order valence-corrected chi connectivity index (χ3v) is 5.86. The average Bonchev–Trinajstić information content (AvgIpc) is 2.90. The molecule has 2 aromatic carbocycles. The molecule has 1 amide bonds. The number of amidine groups is 1. The normalized spacial score (nSPS) is 16.6. The molecule has 1 aliphatic rings. The summed E-state index contributed by atoms with van der Waals surface area (Å²) in [5.41, 5.74) is 0.392. The molecule has 0 aromatic heterocycles. The summed E-state index contributed by atoms with van der Waals surface area (Å²) >= 11 is 0. The van der Waals surface area contributed by atoms with Crippen LogP contribution in [-0.2, 0) is 20.2 Å². The summed E-state index contributed by atoms with van der Waals surface area (Å²) in [7, 11) is -3.57. The van der Waals surface area contributed by atoms with Gasteiger partial charge in [0.25, 0.3) is 10.0 Å². The van der Waals surface area contributed by atoms with Crippen molar-refractivity contribution in [1.29, 1.82) is 0 Å². The minimum absolute atomic E-state index is 0.199. The Kier molecular flexibility index (Phi) is 5.01. The Labute approximate surface area is 157 Å². The Hall–Kier alpha value is -2.74. The van der Waals surface area contributed by atoms with Crippen molar-refractivity contribution in [2.24, 2.45) is 4.99 Å². The summed E-state index contributed by atoms with van der Waals surface area (Å²) < 4.78 is 39.5. The zero-order chi connectivity index (χ0) is 19.7. The number of nitrogens with zero attached hydrogens (tertiary/aromatic N) is 1. The fourth-order valence-electron chi connectivity index (χ4n) is 2.81. The molecule has 0 unspecified atom stereocenters. The lowest BCUT2D eigenvalue weighted by molar-refractivity contribution is -0.125. The fraction of sp³-hybridized carbons (Fsp3) is 0.263. The van der Waals surface area contributed by atoms with Crippen molar-refractivity contribution in [1.82, 2.24) is 10.0 Å². The number of carbonyl (C=O) groups excluding carboxylic acids is 1. The molecule has 0 spiro atoms. The van der Waals surface area contributed by atoms with Crippen molar-refractivity contribution in [3.05, 3.63) is 65.5 Å². The monoisotopic (exact) mass is 389 g/mol. The van der Waals surface area contributed by atoms with Crippen LogP contribution in [0.4, 0.5) is 4.39 Å². The minimum atomic E-state index is -3.57. The summed E-state index contributed by atoms with van der Waals surface area (Å²) in [4.78, 5) is 16.9. The highest BCUT2D eigenvalue weighted by Gasteiger charge is 2.31. The van der Waals surface area contributed by atoms with E-state index in [4.69, 9.17) is 0 Å². The zero-order valence-electron chi connectivity index (χ0n) is 15.0. The van der Waals surface area contributed by atoms with E-state index in [2.05, 4.69) is 15.0 Å². The molecule has 0 radical (unpaired) electrons. The van der Waals surface area contributed by atoms with E-state index in [1.165, 1.54) is 18.2 Å². The van der Waals surface area contributed by atoms with E-state index < -0.39 is 15.4 Å². The van der Waals surface area contributed by atoms with Gasteiger partial charge in [0.05, 0.1) is 16.9 Å². The highest BCUT2D eigenvalue weighted by atomic mass is 32.2. The third kappa shape index (κ3) is 3.85. The Balaban J connectivity index is 1.63. The maximum absolute atomic E-state index is 13.1. The average molecular weight is 389 g/mol. The number of carbonyl (C=O) groups is 1. The van der Waals surface area contributed by atoms with Crippen LogP contribution in [0.3, 0.4) is 0 Å². The number of aliphatic imine (C=N–C) groups is 1. The van der Waals surface area contributed by atoms with Crippen molar-refractivity contribution >= 4 is 21.8 Å². The largest absolute Gasteiger partial charge is 0.353 e. The second-order valence-electron chi connectivity index (χ2n) is 6.72. The first-order valence-electron chi connectivity index (χ1n) is 8.43. The molecule has 1 aliphatic heterocycles. The number of amides is 1. The topological polar surface area (TPSA) is 87.6 Å². The van der Waals surface area contributed by atoms with Crippen LogP contribution in [0.5, 0.6) is 0 Å². The first-order chi connectivity index (χ1) is 12.7. The molecule has 142 valence electrons. The molecule has 6 nitrogen and oxygen atoms in total. The SMILES string of the molecule is CC(C)(C(=O)NCCN=C1NS(=O)(=O)c2ccccc21)c1ccc(F)cc1. The van der Waals surface area contributed by atoms with Crippen LogP contribution in [0.1, 0.15) is 25.0 Å². The molecule has 3 rings (SSSR count). The van der Waals surface area contributed by atoms with Crippen molar-refractivity contribution in [3.63, 3.8) is 0 Å². The smallest absolute Gasteiger partial charge is 0.263 e. The van der Waals surface area contributed by atoms with Crippen LogP contribution in [0.15, 0.2) is 58.4 Å². The molecule has 0 aliphatic carbocycles. The summed E-state index contributed by atoms with van der Waals surface area (Å²) in [5, 5.41) is 2.79. The Morgan fingerprint density at radius 2 is 1.81 bits per heavy atom. The van der Waals surface area contributed by atoms with E-state index in [0.29, 0.717) is 11.1 Å². The van der Waals surface area contributed by atoms with Crippen LogP contribution >= 0.6 is 0 Å². The number of sulfonamides is 1. The minimum Gasteiger partial charge on any atom is -0.353 e. The molecule has 0 fully saturated rings.